The molecule has 22 heavy (non-hydrogen) atoms. The minimum absolute atomic E-state index is 0.404. The summed E-state index contributed by atoms with van der Waals surface area (Å²) < 4.78 is 7.38. The summed E-state index contributed by atoms with van der Waals surface area (Å²) in [6, 6.07) is 8.12. The van der Waals surface area contributed by atoms with Gasteiger partial charge in [0.2, 0.25) is 0 Å². The van der Waals surface area contributed by atoms with Crippen LogP contribution in [0.2, 0.25) is 5.02 Å². The second-order valence-electron chi connectivity index (χ2n) is 5.94. The van der Waals surface area contributed by atoms with Crippen molar-refractivity contribution in [1.82, 2.24) is 14.7 Å². The Morgan fingerprint density at radius 1 is 1.41 bits per heavy atom. The topological polar surface area (TPSA) is 30.3 Å². The summed E-state index contributed by atoms with van der Waals surface area (Å²) in [5.41, 5.74) is 3.93. The third-order valence-electron chi connectivity index (χ3n) is 4.36. The normalized spacial score (nSPS) is 18.4. The minimum atomic E-state index is 0.404. The molecule has 2 aromatic rings. The van der Waals surface area contributed by atoms with Crippen LogP contribution in [0.5, 0.6) is 0 Å². The molecule has 0 spiro atoms. The highest BCUT2D eigenvalue weighted by atomic mass is 35.5. The van der Waals surface area contributed by atoms with E-state index in [1.54, 1.807) is 7.11 Å². The summed E-state index contributed by atoms with van der Waals surface area (Å²) in [6.07, 6.45) is 3.00. The first-order valence-corrected chi connectivity index (χ1v) is 8.01. The van der Waals surface area contributed by atoms with E-state index in [1.165, 1.54) is 16.8 Å². The molecule has 2 heterocycles. The number of rotatable bonds is 5. The zero-order valence-corrected chi connectivity index (χ0v) is 13.9. The molecule has 0 saturated heterocycles. The van der Waals surface area contributed by atoms with Gasteiger partial charge in [0.25, 0.3) is 0 Å². The molecule has 118 valence electrons. The van der Waals surface area contributed by atoms with Gasteiger partial charge < -0.3 is 4.74 Å². The maximum absolute atomic E-state index is 6.06. The molecule has 0 aliphatic carbocycles. The van der Waals surface area contributed by atoms with E-state index in [2.05, 4.69) is 16.1 Å². The van der Waals surface area contributed by atoms with Crippen LogP contribution in [0.4, 0.5) is 0 Å². The number of aromatic nitrogens is 2. The summed E-state index contributed by atoms with van der Waals surface area (Å²) in [7, 11) is 3.78. The average molecular weight is 320 g/mol. The van der Waals surface area contributed by atoms with Gasteiger partial charge >= 0.3 is 0 Å². The van der Waals surface area contributed by atoms with Crippen molar-refractivity contribution in [3.8, 4) is 0 Å². The van der Waals surface area contributed by atoms with E-state index in [9.17, 15) is 0 Å². The predicted molar refractivity (Wildman–Crippen MR) is 88.3 cm³/mol. The third-order valence-corrected chi connectivity index (χ3v) is 4.59. The van der Waals surface area contributed by atoms with E-state index in [0.717, 1.165) is 37.7 Å². The number of halogens is 1. The molecule has 1 aromatic heterocycles. The van der Waals surface area contributed by atoms with Crippen LogP contribution in [0.25, 0.3) is 0 Å². The predicted octanol–water partition coefficient (Wildman–Crippen LogP) is 2.86. The van der Waals surface area contributed by atoms with Gasteiger partial charge in [0.15, 0.2) is 0 Å². The zero-order chi connectivity index (χ0) is 15.5. The molecular weight excluding hydrogens is 298 g/mol. The van der Waals surface area contributed by atoms with Crippen LogP contribution in [0.15, 0.2) is 30.5 Å². The Morgan fingerprint density at radius 2 is 2.27 bits per heavy atom. The number of fused-ring (bicyclic) bond motifs is 1. The van der Waals surface area contributed by atoms with E-state index in [0.29, 0.717) is 5.92 Å². The highest BCUT2D eigenvalue weighted by Crippen LogP contribution is 2.28. The van der Waals surface area contributed by atoms with Crippen molar-refractivity contribution in [2.24, 2.45) is 7.05 Å². The molecule has 0 radical (unpaired) electrons. The van der Waals surface area contributed by atoms with Crippen LogP contribution in [0.3, 0.4) is 0 Å². The molecule has 1 atom stereocenters. The maximum atomic E-state index is 6.06. The van der Waals surface area contributed by atoms with E-state index in [1.807, 2.05) is 36.1 Å². The number of aryl methyl sites for hydroxylation is 1. The van der Waals surface area contributed by atoms with Crippen molar-refractivity contribution in [3.05, 3.63) is 52.3 Å². The number of benzene rings is 1. The zero-order valence-electron chi connectivity index (χ0n) is 13.1. The van der Waals surface area contributed by atoms with E-state index < -0.39 is 0 Å². The molecule has 1 unspecified atom stereocenters. The molecule has 0 bridgehead atoms. The van der Waals surface area contributed by atoms with Crippen LogP contribution in [-0.4, -0.2) is 41.5 Å². The molecule has 3 rings (SSSR count). The Labute approximate surface area is 136 Å². The van der Waals surface area contributed by atoms with Crippen molar-refractivity contribution in [3.63, 3.8) is 0 Å². The molecule has 0 N–H and O–H groups in total. The lowest BCUT2D eigenvalue weighted by Crippen LogP contribution is -2.37. The second-order valence-corrected chi connectivity index (χ2v) is 6.37. The van der Waals surface area contributed by atoms with Gasteiger partial charge in [0.1, 0.15) is 0 Å². The molecule has 0 saturated carbocycles. The number of methoxy groups -OCH3 is 1. The first-order chi connectivity index (χ1) is 10.7. The molecule has 1 aromatic carbocycles. The maximum Gasteiger partial charge on any atom is 0.0557 e. The quantitative estimate of drug-likeness (QED) is 0.849. The van der Waals surface area contributed by atoms with Crippen LogP contribution >= 0.6 is 11.6 Å². The van der Waals surface area contributed by atoms with Gasteiger partial charge in [0, 0.05) is 50.3 Å². The lowest BCUT2D eigenvalue weighted by molar-refractivity contribution is 0.138. The van der Waals surface area contributed by atoms with Crippen LogP contribution < -0.4 is 0 Å². The fourth-order valence-electron chi connectivity index (χ4n) is 3.19. The Kier molecular flexibility index (Phi) is 4.81. The largest absolute Gasteiger partial charge is 0.384 e. The Hall–Kier alpha value is -1.36. The third kappa shape index (κ3) is 3.35. The molecular formula is C17H22ClN3O. The molecule has 4 nitrogen and oxygen atoms in total. The summed E-state index contributed by atoms with van der Waals surface area (Å²) in [5, 5.41) is 5.22. The van der Waals surface area contributed by atoms with Gasteiger partial charge in [0.05, 0.1) is 18.5 Å². The molecule has 5 heteroatoms. The van der Waals surface area contributed by atoms with E-state index in [4.69, 9.17) is 16.3 Å². The van der Waals surface area contributed by atoms with Gasteiger partial charge in [-0.25, -0.2) is 0 Å². The number of hydrogen-bond acceptors (Lipinski definition) is 3. The summed E-state index contributed by atoms with van der Waals surface area (Å²) in [5.74, 6) is 0.404. The summed E-state index contributed by atoms with van der Waals surface area (Å²) in [6.45, 7) is 3.73. The van der Waals surface area contributed by atoms with E-state index in [-0.39, 0.29) is 0 Å². The minimum Gasteiger partial charge on any atom is -0.384 e. The molecule has 0 amide bonds. The van der Waals surface area contributed by atoms with Crippen molar-refractivity contribution in [2.45, 2.75) is 18.9 Å². The highest BCUT2D eigenvalue weighted by molar-refractivity contribution is 6.30. The van der Waals surface area contributed by atoms with Crippen molar-refractivity contribution < 1.29 is 4.74 Å². The Morgan fingerprint density at radius 3 is 3.05 bits per heavy atom. The first-order valence-electron chi connectivity index (χ1n) is 7.64. The van der Waals surface area contributed by atoms with Gasteiger partial charge in [-0.15, -0.1) is 0 Å². The Balaban J connectivity index is 1.69. The number of ether oxygens (including phenoxy) is 1. The van der Waals surface area contributed by atoms with Gasteiger partial charge in [-0.1, -0.05) is 23.7 Å². The second kappa shape index (κ2) is 6.82. The number of hydrogen-bond donors (Lipinski definition) is 0. The fraction of sp³-hybridized carbons (Fsp3) is 0.471. The van der Waals surface area contributed by atoms with Crippen LogP contribution in [0.1, 0.15) is 22.7 Å². The van der Waals surface area contributed by atoms with Crippen molar-refractivity contribution in [2.75, 3.05) is 26.8 Å². The van der Waals surface area contributed by atoms with Crippen molar-refractivity contribution >= 4 is 11.6 Å². The standard InChI is InChI=1S/C17H22ClN3O/c1-20-17-11-21(7-6-13-4-3-5-15(18)8-13)10-14(12-22-2)16(17)9-19-20/h3-5,8-9,14H,6-7,10-12H2,1-2H3. The highest BCUT2D eigenvalue weighted by Gasteiger charge is 2.27. The fourth-order valence-corrected chi connectivity index (χ4v) is 3.41. The van der Waals surface area contributed by atoms with Crippen molar-refractivity contribution in [1.29, 1.82) is 0 Å². The first kappa shape index (κ1) is 15.5. The van der Waals surface area contributed by atoms with E-state index >= 15 is 0 Å². The lowest BCUT2D eigenvalue weighted by atomic mass is 9.95. The Bertz CT molecular complexity index is 641. The number of nitrogens with zero attached hydrogens (tertiary/aromatic N) is 3. The monoisotopic (exact) mass is 319 g/mol. The van der Waals surface area contributed by atoms with Gasteiger partial charge in [-0.05, 0) is 24.1 Å². The lowest BCUT2D eigenvalue weighted by Gasteiger charge is -2.32. The average Bonchev–Trinajstić information content (AvgIpc) is 2.88. The smallest absolute Gasteiger partial charge is 0.0557 e. The van der Waals surface area contributed by atoms with Gasteiger partial charge in [-0.2, -0.15) is 5.10 Å². The molecule has 1 aliphatic rings. The SMILES string of the molecule is COCC1CN(CCc2cccc(Cl)c2)Cc2c1cnn2C. The summed E-state index contributed by atoms with van der Waals surface area (Å²) in [4.78, 5) is 2.48. The molecule has 1 aliphatic heterocycles. The van der Waals surface area contributed by atoms with Crippen LogP contribution in [0, 0.1) is 0 Å². The molecule has 0 fully saturated rings. The van der Waals surface area contributed by atoms with Crippen LogP contribution in [-0.2, 0) is 24.8 Å². The van der Waals surface area contributed by atoms with Gasteiger partial charge in [-0.3, -0.25) is 9.58 Å². The summed E-state index contributed by atoms with van der Waals surface area (Å²) >= 11 is 6.06.